The SMILES string of the molecule is CCCNC(C)c1cccc(OCCCC(=O)OC)c1. The van der Waals surface area contributed by atoms with Crippen LogP contribution in [0.1, 0.15) is 44.7 Å². The van der Waals surface area contributed by atoms with Crippen LogP contribution in [0.5, 0.6) is 5.75 Å². The smallest absolute Gasteiger partial charge is 0.305 e. The summed E-state index contributed by atoms with van der Waals surface area (Å²) < 4.78 is 10.2. The van der Waals surface area contributed by atoms with Crippen LogP contribution < -0.4 is 10.1 Å². The van der Waals surface area contributed by atoms with Crippen molar-refractivity contribution < 1.29 is 14.3 Å². The molecule has 0 aliphatic heterocycles. The summed E-state index contributed by atoms with van der Waals surface area (Å²) in [4.78, 5) is 11.0. The molecule has 0 spiro atoms. The first-order valence-corrected chi connectivity index (χ1v) is 7.20. The van der Waals surface area contributed by atoms with Gasteiger partial charge in [-0.1, -0.05) is 19.1 Å². The summed E-state index contributed by atoms with van der Waals surface area (Å²) in [7, 11) is 1.40. The van der Waals surface area contributed by atoms with Crippen LogP contribution in [0.3, 0.4) is 0 Å². The lowest BCUT2D eigenvalue weighted by Gasteiger charge is -2.15. The zero-order chi connectivity index (χ0) is 14.8. The highest BCUT2D eigenvalue weighted by molar-refractivity contribution is 5.69. The predicted molar refractivity (Wildman–Crippen MR) is 79.9 cm³/mol. The highest BCUT2D eigenvalue weighted by Gasteiger charge is 2.05. The van der Waals surface area contributed by atoms with Gasteiger partial charge in [-0.25, -0.2) is 0 Å². The molecular formula is C16H25NO3. The van der Waals surface area contributed by atoms with Gasteiger partial charge in [-0.05, 0) is 44.0 Å². The topological polar surface area (TPSA) is 47.6 Å². The minimum atomic E-state index is -0.195. The third kappa shape index (κ3) is 6.06. The molecule has 0 saturated heterocycles. The minimum absolute atomic E-state index is 0.195. The highest BCUT2D eigenvalue weighted by Crippen LogP contribution is 2.19. The molecule has 0 saturated carbocycles. The molecule has 1 rings (SSSR count). The van der Waals surface area contributed by atoms with Crippen LogP contribution in [0.15, 0.2) is 24.3 Å². The van der Waals surface area contributed by atoms with Crippen molar-refractivity contribution in [2.24, 2.45) is 0 Å². The number of rotatable bonds is 9. The van der Waals surface area contributed by atoms with Crippen LogP contribution in [0.4, 0.5) is 0 Å². The van der Waals surface area contributed by atoms with Crippen molar-refractivity contribution in [2.75, 3.05) is 20.3 Å². The average molecular weight is 279 g/mol. The van der Waals surface area contributed by atoms with Crippen LogP contribution >= 0.6 is 0 Å². The van der Waals surface area contributed by atoms with Crippen molar-refractivity contribution >= 4 is 5.97 Å². The summed E-state index contributed by atoms with van der Waals surface area (Å²) in [6.45, 7) is 5.83. The molecule has 1 N–H and O–H groups in total. The minimum Gasteiger partial charge on any atom is -0.494 e. The molecule has 20 heavy (non-hydrogen) atoms. The molecular weight excluding hydrogens is 254 g/mol. The number of hydrogen-bond donors (Lipinski definition) is 1. The van der Waals surface area contributed by atoms with Crippen LogP contribution in [-0.2, 0) is 9.53 Å². The maximum Gasteiger partial charge on any atom is 0.305 e. The van der Waals surface area contributed by atoms with Crippen LogP contribution in [0, 0.1) is 0 Å². The lowest BCUT2D eigenvalue weighted by Crippen LogP contribution is -2.19. The normalized spacial score (nSPS) is 11.9. The van der Waals surface area contributed by atoms with Crippen molar-refractivity contribution in [3.63, 3.8) is 0 Å². The quantitative estimate of drug-likeness (QED) is 0.557. The summed E-state index contributed by atoms with van der Waals surface area (Å²) in [6.07, 6.45) is 2.18. The Labute approximate surface area is 121 Å². The number of benzene rings is 1. The summed E-state index contributed by atoms with van der Waals surface area (Å²) >= 11 is 0. The van der Waals surface area contributed by atoms with E-state index >= 15 is 0 Å². The van der Waals surface area contributed by atoms with Gasteiger partial charge in [-0.2, -0.15) is 0 Å². The summed E-state index contributed by atoms with van der Waals surface area (Å²) in [5.74, 6) is 0.650. The monoisotopic (exact) mass is 279 g/mol. The predicted octanol–water partition coefficient (Wildman–Crippen LogP) is 3.08. The van der Waals surface area contributed by atoms with Gasteiger partial charge in [0.25, 0.3) is 0 Å². The van der Waals surface area contributed by atoms with Gasteiger partial charge in [0.1, 0.15) is 5.75 Å². The van der Waals surface area contributed by atoms with Gasteiger partial charge < -0.3 is 14.8 Å². The van der Waals surface area contributed by atoms with Crippen molar-refractivity contribution in [3.05, 3.63) is 29.8 Å². The Bertz CT molecular complexity index is 406. The van der Waals surface area contributed by atoms with Gasteiger partial charge in [0.2, 0.25) is 0 Å². The number of carbonyl (C=O) groups excluding carboxylic acids is 1. The fraction of sp³-hybridized carbons (Fsp3) is 0.562. The number of ether oxygens (including phenoxy) is 2. The van der Waals surface area contributed by atoms with E-state index in [1.807, 2.05) is 18.2 Å². The first-order chi connectivity index (χ1) is 9.67. The van der Waals surface area contributed by atoms with E-state index < -0.39 is 0 Å². The second-order valence-corrected chi connectivity index (χ2v) is 4.78. The van der Waals surface area contributed by atoms with Gasteiger partial charge in [-0.3, -0.25) is 4.79 Å². The number of methoxy groups -OCH3 is 1. The molecule has 0 aliphatic carbocycles. The van der Waals surface area contributed by atoms with Crippen molar-refractivity contribution in [3.8, 4) is 5.75 Å². The molecule has 0 radical (unpaired) electrons. The number of nitrogens with one attached hydrogen (secondary N) is 1. The molecule has 0 bridgehead atoms. The third-order valence-electron chi connectivity index (χ3n) is 3.08. The van der Waals surface area contributed by atoms with Crippen LogP contribution in [-0.4, -0.2) is 26.2 Å². The van der Waals surface area contributed by atoms with Gasteiger partial charge >= 0.3 is 5.97 Å². The third-order valence-corrected chi connectivity index (χ3v) is 3.08. The van der Waals surface area contributed by atoms with E-state index in [2.05, 4.69) is 30.0 Å². The Morgan fingerprint density at radius 2 is 2.20 bits per heavy atom. The van der Waals surface area contributed by atoms with E-state index in [-0.39, 0.29) is 5.97 Å². The molecule has 0 amide bonds. The van der Waals surface area contributed by atoms with E-state index in [0.717, 1.165) is 18.7 Å². The Hall–Kier alpha value is -1.55. The van der Waals surface area contributed by atoms with Crippen molar-refractivity contribution in [1.82, 2.24) is 5.32 Å². The molecule has 112 valence electrons. The molecule has 1 aromatic carbocycles. The van der Waals surface area contributed by atoms with E-state index in [9.17, 15) is 4.79 Å². The number of carbonyl (C=O) groups is 1. The molecule has 1 aromatic rings. The van der Waals surface area contributed by atoms with E-state index in [1.165, 1.54) is 12.7 Å². The molecule has 1 unspecified atom stereocenters. The van der Waals surface area contributed by atoms with Crippen molar-refractivity contribution in [1.29, 1.82) is 0 Å². The van der Waals surface area contributed by atoms with E-state index in [4.69, 9.17) is 4.74 Å². The first kappa shape index (κ1) is 16.5. The van der Waals surface area contributed by atoms with Crippen LogP contribution in [0.2, 0.25) is 0 Å². The average Bonchev–Trinajstić information content (AvgIpc) is 2.49. The Kier molecular flexibility index (Phi) is 7.73. The molecule has 1 atom stereocenters. The number of esters is 1. The molecule has 0 heterocycles. The largest absolute Gasteiger partial charge is 0.494 e. The Morgan fingerprint density at radius 1 is 1.40 bits per heavy atom. The van der Waals surface area contributed by atoms with Gasteiger partial charge in [0.05, 0.1) is 13.7 Å². The van der Waals surface area contributed by atoms with Gasteiger partial charge in [0, 0.05) is 12.5 Å². The van der Waals surface area contributed by atoms with E-state index in [1.54, 1.807) is 0 Å². The van der Waals surface area contributed by atoms with E-state index in [0.29, 0.717) is 25.5 Å². The second-order valence-electron chi connectivity index (χ2n) is 4.78. The van der Waals surface area contributed by atoms with Gasteiger partial charge in [0.15, 0.2) is 0 Å². The van der Waals surface area contributed by atoms with Crippen LogP contribution in [0.25, 0.3) is 0 Å². The molecule has 0 aromatic heterocycles. The number of hydrogen-bond acceptors (Lipinski definition) is 4. The lowest BCUT2D eigenvalue weighted by molar-refractivity contribution is -0.140. The lowest BCUT2D eigenvalue weighted by atomic mass is 10.1. The summed E-state index contributed by atoms with van der Waals surface area (Å²) in [6, 6.07) is 8.39. The zero-order valence-corrected chi connectivity index (χ0v) is 12.6. The van der Waals surface area contributed by atoms with Gasteiger partial charge in [-0.15, -0.1) is 0 Å². The summed E-state index contributed by atoms with van der Waals surface area (Å²) in [5, 5.41) is 3.45. The molecule has 4 heteroatoms. The molecule has 0 fully saturated rings. The first-order valence-electron chi connectivity index (χ1n) is 7.20. The molecule has 0 aliphatic rings. The standard InChI is InChI=1S/C16H25NO3/c1-4-10-17-13(2)14-7-5-8-15(12-14)20-11-6-9-16(18)19-3/h5,7-8,12-13,17H,4,6,9-11H2,1-3H3. The summed E-state index contributed by atoms with van der Waals surface area (Å²) in [5.41, 5.74) is 1.21. The molecule has 4 nitrogen and oxygen atoms in total. The fourth-order valence-electron chi connectivity index (χ4n) is 1.86. The Morgan fingerprint density at radius 3 is 2.90 bits per heavy atom. The highest BCUT2D eigenvalue weighted by atomic mass is 16.5. The maximum absolute atomic E-state index is 11.0. The Balaban J connectivity index is 2.41. The second kappa shape index (κ2) is 9.37. The fourth-order valence-corrected chi connectivity index (χ4v) is 1.86. The zero-order valence-electron chi connectivity index (χ0n) is 12.6. The maximum atomic E-state index is 11.0. The van der Waals surface area contributed by atoms with Crippen molar-refractivity contribution in [2.45, 2.75) is 39.2 Å².